The first-order chi connectivity index (χ1) is 11.1. The quantitative estimate of drug-likeness (QED) is 0.924. The molecule has 23 heavy (non-hydrogen) atoms. The molecule has 1 aliphatic rings. The lowest BCUT2D eigenvalue weighted by Crippen LogP contribution is -2.36. The zero-order valence-electron chi connectivity index (χ0n) is 13.2. The highest BCUT2D eigenvalue weighted by Crippen LogP contribution is 2.18. The molecule has 1 fully saturated rings. The van der Waals surface area contributed by atoms with Gasteiger partial charge in [-0.3, -0.25) is 9.69 Å². The van der Waals surface area contributed by atoms with Crippen LogP contribution in [0.5, 0.6) is 0 Å². The third-order valence-electron chi connectivity index (χ3n) is 4.21. The summed E-state index contributed by atoms with van der Waals surface area (Å²) in [5.74, 6) is 1.29. The largest absolute Gasteiger partial charge is 0.384 e. The van der Waals surface area contributed by atoms with Crippen LogP contribution in [-0.2, 0) is 6.54 Å². The highest BCUT2D eigenvalue weighted by Gasteiger charge is 2.29. The number of rotatable bonds is 4. The maximum Gasteiger partial charge on any atom is 0.253 e. The van der Waals surface area contributed by atoms with Crippen molar-refractivity contribution < 1.29 is 4.79 Å². The minimum Gasteiger partial charge on any atom is -0.384 e. The lowest BCUT2D eigenvalue weighted by Gasteiger charge is -2.24. The molecule has 0 aliphatic carbocycles. The summed E-state index contributed by atoms with van der Waals surface area (Å²) in [6.07, 6.45) is 2.63. The Bertz CT molecular complexity index is 676. The molecule has 1 aliphatic heterocycles. The van der Waals surface area contributed by atoms with E-state index in [1.807, 2.05) is 42.3 Å². The molecule has 1 unspecified atom stereocenters. The average molecular weight is 311 g/mol. The Labute approximate surface area is 135 Å². The van der Waals surface area contributed by atoms with E-state index in [2.05, 4.69) is 14.9 Å². The Morgan fingerprint density at radius 1 is 1.35 bits per heavy atom. The second-order valence-electron chi connectivity index (χ2n) is 5.87. The number of nitrogen functional groups attached to an aromatic ring is 1. The molecule has 1 aromatic heterocycles. The van der Waals surface area contributed by atoms with Crippen molar-refractivity contribution in [1.82, 2.24) is 19.8 Å². The molecule has 1 amide bonds. The first-order valence-electron chi connectivity index (χ1n) is 7.75. The number of carbonyl (C=O) groups is 1. The Morgan fingerprint density at radius 3 is 2.87 bits per heavy atom. The van der Waals surface area contributed by atoms with Crippen LogP contribution in [0.3, 0.4) is 0 Å². The van der Waals surface area contributed by atoms with Crippen LogP contribution in [0.2, 0.25) is 0 Å². The van der Waals surface area contributed by atoms with Gasteiger partial charge >= 0.3 is 0 Å². The van der Waals surface area contributed by atoms with Gasteiger partial charge in [-0.1, -0.05) is 18.2 Å². The first-order valence-corrected chi connectivity index (χ1v) is 7.75. The van der Waals surface area contributed by atoms with Crippen molar-refractivity contribution in [3.63, 3.8) is 0 Å². The van der Waals surface area contributed by atoms with Gasteiger partial charge in [0.1, 0.15) is 11.6 Å². The van der Waals surface area contributed by atoms with Gasteiger partial charge in [0.2, 0.25) is 0 Å². The minimum absolute atomic E-state index is 0.0988. The Kier molecular flexibility index (Phi) is 4.52. The third-order valence-corrected chi connectivity index (χ3v) is 4.21. The van der Waals surface area contributed by atoms with E-state index in [4.69, 9.17) is 5.73 Å². The van der Waals surface area contributed by atoms with Crippen LogP contribution < -0.4 is 5.73 Å². The molecule has 6 nitrogen and oxygen atoms in total. The fourth-order valence-corrected chi connectivity index (χ4v) is 2.89. The number of hydrogen-bond donors (Lipinski definition) is 1. The van der Waals surface area contributed by atoms with Gasteiger partial charge in [-0.15, -0.1) is 0 Å². The van der Waals surface area contributed by atoms with Gasteiger partial charge in [-0.2, -0.15) is 0 Å². The molecule has 0 spiro atoms. The Hall–Kier alpha value is -2.47. The van der Waals surface area contributed by atoms with Crippen LogP contribution in [0.4, 0.5) is 5.82 Å². The van der Waals surface area contributed by atoms with Crippen molar-refractivity contribution in [2.45, 2.75) is 19.0 Å². The molecular formula is C17H21N5O. The van der Waals surface area contributed by atoms with Crippen molar-refractivity contribution >= 4 is 11.7 Å². The predicted molar refractivity (Wildman–Crippen MR) is 88.7 cm³/mol. The highest BCUT2D eigenvalue weighted by atomic mass is 16.2. The normalized spacial score (nSPS) is 17.7. The summed E-state index contributed by atoms with van der Waals surface area (Å²) in [4.78, 5) is 25.1. The summed E-state index contributed by atoms with van der Waals surface area (Å²) in [6.45, 7) is 2.14. The zero-order chi connectivity index (χ0) is 16.2. The van der Waals surface area contributed by atoms with E-state index in [0.29, 0.717) is 24.2 Å². The molecule has 2 N–H and O–H groups in total. The number of anilines is 1. The molecule has 0 radical (unpaired) electrons. The monoisotopic (exact) mass is 311 g/mol. The van der Waals surface area contributed by atoms with Gasteiger partial charge in [0.15, 0.2) is 0 Å². The number of aromatic nitrogens is 2. The van der Waals surface area contributed by atoms with Crippen LogP contribution in [0.15, 0.2) is 42.6 Å². The van der Waals surface area contributed by atoms with E-state index >= 15 is 0 Å². The number of likely N-dealkylation sites (N-methyl/N-ethyl adjacent to an activating group) is 1. The SMILES string of the molecule is CN(Cc1nccc(N)n1)C1CCN(C(=O)c2ccccc2)C1. The maximum atomic E-state index is 12.5. The van der Waals surface area contributed by atoms with Gasteiger partial charge in [0.25, 0.3) is 5.91 Å². The van der Waals surface area contributed by atoms with Gasteiger partial charge in [-0.05, 0) is 31.7 Å². The van der Waals surface area contributed by atoms with Crippen molar-refractivity contribution in [2.24, 2.45) is 0 Å². The molecule has 0 saturated carbocycles. The summed E-state index contributed by atoms with van der Waals surface area (Å²) in [7, 11) is 2.04. The smallest absolute Gasteiger partial charge is 0.253 e. The fraction of sp³-hybridized carbons (Fsp3) is 0.353. The van der Waals surface area contributed by atoms with Crippen molar-refractivity contribution in [3.8, 4) is 0 Å². The van der Waals surface area contributed by atoms with Crippen molar-refractivity contribution in [2.75, 3.05) is 25.9 Å². The Morgan fingerprint density at radius 2 is 2.13 bits per heavy atom. The highest BCUT2D eigenvalue weighted by molar-refractivity contribution is 5.94. The van der Waals surface area contributed by atoms with E-state index in [9.17, 15) is 4.79 Å². The van der Waals surface area contributed by atoms with E-state index < -0.39 is 0 Å². The second kappa shape index (κ2) is 6.75. The van der Waals surface area contributed by atoms with E-state index in [-0.39, 0.29) is 5.91 Å². The molecule has 1 saturated heterocycles. The lowest BCUT2D eigenvalue weighted by atomic mass is 10.2. The zero-order valence-corrected chi connectivity index (χ0v) is 13.2. The fourth-order valence-electron chi connectivity index (χ4n) is 2.89. The number of likely N-dealkylation sites (tertiary alicyclic amines) is 1. The number of nitrogens with two attached hydrogens (primary N) is 1. The predicted octanol–water partition coefficient (Wildman–Crippen LogP) is 1.41. The molecule has 3 rings (SSSR count). The van der Waals surface area contributed by atoms with Crippen LogP contribution in [-0.4, -0.2) is 51.9 Å². The van der Waals surface area contributed by atoms with Crippen molar-refractivity contribution in [1.29, 1.82) is 0 Å². The topological polar surface area (TPSA) is 75.4 Å². The van der Waals surface area contributed by atoms with Crippen LogP contribution in [0.25, 0.3) is 0 Å². The maximum absolute atomic E-state index is 12.5. The molecule has 2 aromatic rings. The molecule has 2 heterocycles. The van der Waals surface area contributed by atoms with Crippen LogP contribution in [0.1, 0.15) is 22.6 Å². The molecule has 1 aromatic carbocycles. The number of hydrogen-bond acceptors (Lipinski definition) is 5. The molecule has 1 atom stereocenters. The summed E-state index contributed by atoms with van der Waals surface area (Å²) in [5, 5.41) is 0. The van der Waals surface area contributed by atoms with Gasteiger partial charge in [0, 0.05) is 30.9 Å². The number of amides is 1. The summed E-state index contributed by atoms with van der Waals surface area (Å²) >= 11 is 0. The van der Waals surface area contributed by atoms with E-state index in [1.54, 1.807) is 12.3 Å². The standard InChI is InChI=1S/C17H21N5O/c1-21(12-16-19-9-7-15(18)20-16)14-8-10-22(11-14)17(23)13-5-3-2-4-6-13/h2-7,9,14H,8,10-12H2,1H3,(H2,18,19,20). The van der Waals surface area contributed by atoms with E-state index in [1.165, 1.54) is 0 Å². The van der Waals surface area contributed by atoms with Crippen LogP contribution >= 0.6 is 0 Å². The molecule has 6 heteroatoms. The van der Waals surface area contributed by atoms with Gasteiger partial charge < -0.3 is 10.6 Å². The summed E-state index contributed by atoms with van der Waals surface area (Å²) in [5.41, 5.74) is 6.44. The summed E-state index contributed by atoms with van der Waals surface area (Å²) < 4.78 is 0. The summed E-state index contributed by atoms with van der Waals surface area (Å²) in [6, 6.07) is 11.4. The second-order valence-corrected chi connectivity index (χ2v) is 5.87. The molecule has 120 valence electrons. The Balaban J connectivity index is 1.60. The third kappa shape index (κ3) is 3.65. The molecular weight excluding hydrogens is 290 g/mol. The average Bonchev–Trinajstić information content (AvgIpc) is 3.05. The molecule has 0 bridgehead atoms. The first kappa shape index (κ1) is 15.4. The van der Waals surface area contributed by atoms with E-state index in [0.717, 1.165) is 25.1 Å². The number of nitrogens with zero attached hydrogens (tertiary/aromatic N) is 4. The van der Waals surface area contributed by atoms with Crippen LogP contribution in [0, 0.1) is 0 Å². The van der Waals surface area contributed by atoms with Crippen molar-refractivity contribution in [3.05, 3.63) is 54.0 Å². The minimum atomic E-state index is 0.0988. The lowest BCUT2D eigenvalue weighted by molar-refractivity contribution is 0.0779. The number of benzene rings is 1. The van der Waals surface area contributed by atoms with Gasteiger partial charge in [0.05, 0.1) is 6.54 Å². The number of carbonyl (C=O) groups excluding carboxylic acids is 1. The van der Waals surface area contributed by atoms with Gasteiger partial charge in [-0.25, -0.2) is 9.97 Å².